The Morgan fingerprint density at radius 1 is 1.08 bits per heavy atom. The molecule has 0 spiro atoms. The molecule has 39 heavy (non-hydrogen) atoms. The van der Waals surface area contributed by atoms with E-state index >= 15 is 0 Å². The van der Waals surface area contributed by atoms with Crippen molar-refractivity contribution in [3.05, 3.63) is 88.0 Å². The number of thioether (sulfide) groups is 1. The van der Waals surface area contributed by atoms with Crippen LogP contribution in [-0.2, 0) is 29.5 Å². The van der Waals surface area contributed by atoms with Crippen molar-refractivity contribution in [3.8, 4) is 11.1 Å². The maximum absolute atomic E-state index is 13.1. The normalized spacial score (nSPS) is 11.3. The van der Waals surface area contributed by atoms with Crippen LogP contribution in [0.2, 0.25) is 0 Å². The van der Waals surface area contributed by atoms with Crippen molar-refractivity contribution < 1.29 is 23.1 Å². The smallest absolute Gasteiger partial charge is 0.355 e. The van der Waals surface area contributed by atoms with Crippen LogP contribution in [0.4, 0.5) is 4.79 Å². The molecule has 0 unspecified atom stereocenters. The molecule has 0 saturated carbocycles. The number of benzene rings is 2. The van der Waals surface area contributed by atoms with Crippen molar-refractivity contribution >= 4 is 45.1 Å². The fourth-order valence-corrected chi connectivity index (χ4v) is 6.51. The highest BCUT2D eigenvalue weighted by molar-refractivity contribution is 7.98. The number of imidazole rings is 1. The largest absolute Gasteiger partial charge is 0.476 e. The first-order valence-electron chi connectivity index (χ1n) is 12.1. The summed E-state index contributed by atoms with van der Waals surface area (Å²) >= 11 is 2.76. The number of hydrogen-bond donors (Lipinski definition) is 3. The highest BCUT2D eigenvalue weighted by Crippen LogP contribution is 2.29. The summed E-state index contributed by atoms with van der Waals surface area (Å²) in [6.45, 7) is 2.55. The van der Waals surface area contributed by atoms with E-state index in [0.717, 1.165) is 16.9 Å². The monoisotopic (exact) mass is 584 g/mol. The third kappa shape index (κ3) is 6.70. The molecule has 0 aliphatic carbocycles. The zero-order valence-electron chi connectivity index (χ0n) is 21.4. The van der Waals surface area contributed by atoms with E-state index in [4.69, 9.17) is 0 Å². The zero-order chi connectivity index (χ0) is 28.0. The topological polar surface area (TPSA) is 130 Å². The van der Waals surface area contributed by atoms with Crippen molar-refractivity contribution in [2.75, 3.05) is 6.26 Å². The molecule has 9 nitrogen and oxygen atoms in total. The third-order valence-corrected chi connectivity index (χ3v) is 8.83. The number of hydrogen-bond acceptors (Lipinski definition) is 7. The van der Waals surface area contributed by atoms with Crippen LogP contribution < -0.4 is 10.0 Å². The molecule has 2 heterocycles. The van der Waals surface area contributed by atoms with Gasteiger partial charge < -0.3 is 15.0 Å². The SMILES string of the molecule is CCCc1nc(SC)c(C(=O)O)n1Cc1ccc(-c2ccccc2S(=O)(=O)NC(=O)NCc2cccs2)cc1. The van der Waals surface area contributed by atoms with Crippen LogP contribution in [-0.4, -0.2) is 41.3 Å². The lowest BCUT2D eigenvalue weighted by atomic mass is 10.0. The van der Waals surface area contributed by atoms with Crippen LogP contribution in [0.25, 0.3) is 11.1 Å². The highest BCUT2D eigenvalue weighted by atomic mass is 32.2. The maximum atomic E-state index is 13.1. The maximum Gasteiger partial charge on any atom is 0.355 e. The number of urea groups is 1. The number of carboxylic acids is 1. The average molecular weight is 585 g/mol. The molecule has 2 amide bonds. The summed E-state index contributed by atoms with van der Waals surface area (Å²) in [6, 6.07) is 16.6. The number of sulfonamides is 1. The second-order valence-electron chi connectivity index (χ2n) is 8.59. The summed E-state index contributed by atoms with van der Waals surface area (Å²) in [6.07, 6.45) is 3.28. The first-order valence-corrected chi connectivity index (χ1v) is 15.7. The number of aromatic nitrogens is 2. The fourth-order valence-electron chi connectivity index (χ4n) is 4.11. The van der Waals surface area contributed by atoms with Gasteiger partial charge in [-0.15, -0.1) is 23.1 Å². The van der Waals surface area contributed by atoms with Crippen LogP contribution in [0.15, 0.2) is 76.0 Å². The Labute approximate surface area is 235 Å². The van der Waals surface area contributed by atoms with E-state index in [0.29, 0.717) is 34.9 Å². The summed E-state index contributed by atoms with van der Waals surface area (Å²) < 4.78 is 30.0. The second-order valence-corrected chi connectivity index (χ2v) is 12.1. The number of carbonyl (C=O) groups excluding carboxylic acids is 1. The second kappa shape index (κ2) is 12.5. The number of nitrogens with one attached hydrogen (secondary N) is 2. The minimum Gasteiger partial charge on any atom is -0.476 e. The number of amides is 2. The van der Waals surface area contributed by atoms with Gasteiger partial charge in [0.1, 0.15) is 10.9 Å². The molecule has 2 aromatic carbocycles. The Hall–Kier alpha value is -3.61. The van der Waals surface area contributed by atoms with E-state index in [9.17, 15) is 23.1 Å². The molecule has 4 rings (SSSR count). The Kier molecular flexibility index (Phi) is 9.10. The molecule has 0 atom stereocenters. The molecule has 0 aliphatic rings. The molecule has 0 aliphatic heterocycles. The predicted molar refractivity (Wildman–Crippen MR) is 153 cm³/mol. The van der Waals surface area contributed by atoms with Gasteiger partial charge in [0.25, 0.3) is 10.0 Å². The average Bonchev–Trinajstić information content (AvgIpc) is 3.56. The van der Waals surface area contributed by atoms with Crippen LogP contribution in [0.3, 0.4) is 0 Å². The molecule has 3 N–H and O–H groups in total. The highest BCUT2D eigenvalue weighted by Gasteiger charge is 2.23. The van der Waals surface area contributed by atoms with Crippen molar-refractivity contribution in [3.63, 3.8) is 0 Å². The minimum atomic E-state index is -4.15. The van der Waals surface area contributed by atoms with E-state index in [1.165, 1.54) is 29.2 Å². The van der Waals surface area contributed by atoms with Crippen LogP contribution in [0.1, 0.15) is 40.1 Å². The van der Waals surface area contributed by atoms with Crippen molar-refractivity contribution in [1.29, 1.82) is 0 Å². The van der Waals surface area contributed by atoms with Crippen molar-refractivity contribution in [1.82, 2.24) is 19.6 Å². The number of aromatic carboxylic acids is 1. The Morgan fingerprint density at radius 2 is 1.82 bits per heavy atom. The fraction of sp³-hybridized carbons (Fsp3) is 0.222. The van der Waals surface area contributed by atoms with E-state index in [1.54, 1.807) is 41.2 Å². The quantitative estimate of drug-likeness (QED) is 0.206. The van der Waals surface area contributed by atoms with Gasteiger partial charge in [0.15, 0.2) is 5.69 Å². The molecule has 0 fully saturated rings. The standard InChI is InChI=1S/C27H28N4O5S3/c1-3-7-23-29-25(37-2)24(26(32)33)31(23)17-18-11-13-19(14-12-18)21-9-4-5-10-22(21)39(35,36)30-27(34)28-16-20-8-6-15-38-20/h4-6,8-15H,3,7,16-17H2,1-2H3,(H,32,33)(H2,28,30,34). The number of carbonyl (C=O) groups is 2. The van der Waals surface area contributed by atoms with Gasteiger partial charge in [0.05, 0.1) is 11.4 Å². The number of nitrogens with zero attached hydrogens (tertiary/aromatic N) is 2. The summed E-state index contributed by atoms with van der Waals surface area (Å²) in [5.41, 5.74) is 2.08. The van der Waals surface area contributed by atoms with E-state index in [-0.39, 0.29) is 17.1 Å². The number of thiophene rings is 1. The molecule has 0 saturated heterocycles. The number of carboxylic acid groups (broad SMARTS) is 1. The first-order chi connectivity index (χ1) is 18.7. The summed E-state index contributed by atoms with van der Waals surface area (Å²) in [4.78, 5) is 29.7. The Bertz CT molecular complexity index is 1560. The van der Waals surface area contributed by atoms with Gasteiger partial charge >= 0.3 is 12.0 Å². The van der Waals surface area contributed by atoms with Crippen molar-refractivity contribution in [2.24, 2.45) is 0 Å². The van der Waals surface area contributed by atoms with Gasteiger partial charge in [-0.2, -0.15) is 0 Å². The molecule has 12 heteroatoms. The molecular weight excluding hydrogens is 557 g/mol. The summed E-state index contributed by atoms with van der Waals surface area (Å²) in [5, 5.41) is 14.7. The minimum absolute atomic E-state index is 0.0263. The number of rotatable bonds is 11. The summed E-state index contributed by atoms with van der Waals surface area (Å²) in [7, 11) is -4.15. The lowest BCUT2D eigenvalue weighted by Gasteiger charge is -2.13. The Morgan fingerprint density at radius 3 is 2.46 bits per heavy atom. The van der Waals surface area contributed by atoms with Gasteiger partial charge in [0, 0.05) is 23.4 Å². The molecule has 4 aromatic rings. The van der Waals surface area contributed by atoms with Gasteiger partial charge in [-0.3, -0.25) is 0 Å². The lowest BCUT2D eigenvalue weighted by Crippen LogP contribution is -2.39. The van der Waals surface area contributed by atoms with Crippen LogP contribution in [0.5, 0.6) is 0 Å². The molecular formula is C27H28N4O5S3. The molecule has 2 aromatic heterocycles. The van der Waals surface area contributed by atoms with Crippen LogP contribution >= 0.6 is 23.1 Å². The lowest BCUT2D eigenvalue weighted by molar-refractivity contribution is 0.0681. The molecule has 0 radical (unpaired) electrons. The van der Waals surface area contributed by atoms with E-state index in [2.05, 4.69) is 15.0 Å². The predicted octanol–water partition coefficient (Wildman–Crippen LogP) is 5.22. The molecule has 0 bridgehead atoms. The van der Waals surface area contributed by atoms with E-state index < -0.39 is 22.0 Å². The molecule has 204 valence electrons. The zero-order valence-corrected chi connectivity index (χ0v) is 23.8. The third-order valence-electron chi connectivity index (χ3n) is 5.90. The Balaban J connectivity index is 1.56. The van der Waals surface area contributed by atoms with Gasteiger partial charge in [0.2, 0.25) is 0 Å². The van der Waals surface area contributed by atoms with Crippen molar-refractivity contribution in [2.45, 2.75) is 42.8 Å². The summed E-state index contributed by atoms with van der Waals surface area (Å²) in [5.74, 6) is -0.319. The van der Waals surface area contributed by atoms with Gasteiger partial charge in [-0.25, -0.2) is 27.7 Å². The first kappa shape index (κ1) is 28.4. The van der Waals surface area contributed by atoms with Gasteiger partial charge in [-0.05, 0) is 41.3 Å². The van der Waals surface area contributed by atoms with Crippen LogP contribution in [0, 0.1) is 0 Å². The van der Waals surface area contributed by atoms with E-state index in [1.807, 2.05) is 36.6 Å². The van der Waals surface area contributed by atoms with Gasteiger partial charge in [-0.1, -0.05) is 55.5 Å². The number of aryl methyl sites for hydroxylation is 1.